The van der Waals surface area contributed by atoms with Crippen LogP contribution in [0.4, 0.5) is 11.4 Å². The van der Waals surface area contributed by atoms with Crippen LogP contribution in [0.3, 0.4) is 0 Å². The average molecular weight is 529 g/mol. The third-order valence-electron chi connectivity index (χ3n) is 4.87. The number of para-hydroxylation sites is 2. The second-order valence-corrected chi connectivity index (χ2v) is 10.0. The van der Waals surface area contributed by atoms with E-state index in [9.17, 15) is 18.0 Å². The van der Waals surface area contributed by atoms with Crippen molar-refractivity contribution in [2.75, 3.05) is 29.0 Å². The highest BCUT2D eigenvalue weighted by molar-refractivity contribution is 7.92. The Balaban J connectivity index is 1.51. The Kier molecular flexibility index (Phi) is 9.04. The molecule has 0 aliphatic rings. The number of ether oxygens (including phenoxy) is 1. The molecule has 188 valence electrons. The Morgan fingerprint density at radius 2 is 1.67 bits per heavy atom. The molecule has 3 aromatic carbocycles. The first-order valence-corrected chi connectivity index (χ1v) is 13.0. The molecule has 0 bridgehead atoms. The lowest BCUT2D eigenvalue weighted by atomic mass is 10.2. The number of hydrogen-bond acceptors (Lipinski definition) is 6. The van der Waals surface area contributed by atoms with Gasteiger partial charge in [-0.15, -0.1) is 0 Å². The molecule has 3 aromatic rings. The smallest absolute Gasteiger partial charge is 0.262 e. The zero-order chi connectivity index (χ0) is 26.1. The Hall–Kier alpha value is -3.89. The zero-order valence-electron chi connectivity index (χ0n) is 19.6. The summed E-state index contributed by atoms with van der Waals surface area (Å²) in [7, 11) is -3.68. The number of benzene rings is 3. The molecule has 0 heterocycles. The zero-order valence-corrected chi connectivity index (χ0v) is 21.2. The van der Waals surface area contributed by atoms with Gasteiger partial charge in [0.25, 0.3) is 11.8 Å². The molecule has 0 atom stereocenters. The van der Waals surface area contributed by atoms with Crippen LogP contribution in [0.5, 0.6) is 5.75 Å². The maximum atomic E-state index is 12.3. The number of carbonyl (C=O) groups is 2. The number of hydrogen-bond donors (Lipinski definition) is 2. The van der Waals surface area contributed by atoms with Crippen molar-refractivity contribution in [1.82, 2.24) is 5.43 Å². The minimum absolute atomic E-state index is 0.202. The molecule has 0 spiro atoms. The standard InChI is InChI=1S/C25H25ClN4O5S/c1-18-7-3-6-10-23(18)30(36(2,33)34)16-24(31)29-27-15-19-11-13-20(14-12-19)35-17-25(32)28-22-9-5-4-8-21(22)26/h3-15H,16-17H2,1-2H3,(H,28,32)(H,29,31)/b27-15-. The number of aryl methyl sites for hydroxylation is 1. The van der Waals surface area contributed by atoms with E-state index >= 15 is 0 Å². The van der Waals surface area contributed by atoms with Crippen LogP contribution < -0.4 is 19.8 Å². The number of anilines is 2. The molecule has 0 saturated heterocycles. The molecule has 2 amide bonds. The number of halogens is 1. The van der Waals surface area contributed by atoms with Crippen molar-refractivity contribution < 1.29 is 22.7 Å². The first-order chi connectivity index (χ1) is 17.1. The van der Waals surface area contributed by atoms with Gasteiger partial charge in [0.2, 0.25) is 10.0 Å². The molecule has 0 aliphatic heterocycles. The summed E-state index contributed by atoms with van der Waals surface area (Å²) >= 11 is 6.02. The van der Waals surface area contributed by atoms with Crippen LogP contribution in [0, 0.1) is 6.92 Å². The summed E-state index contributed by atoms with van der Waals surface area (Å²) in [5.41, 5.74) is 4.64. The molecule has 11 heteroatoms. The number of carbonyl (C=O) groups excluding carboxylic acids is 2. The molecule has 3 rings (SSSR count). The lowest BCUT2D eigenvalue weighted by Gasteiger charge is -2.23. The molecule has 36 heavy (non-hydrogen) atoms. The fourth-order valence-electron chi connectivity index (χ4n) is 3.12. The highest BCUT2D eigenvalue weighted by Gasteiger charge is 2.21. The second kappa shape index (κ2) is 12.2. The Morgan fingerprint density at radius 1 is 1.00 bits per heavy atom. The molecule has 0 fully saturated rings. The summed E-state index contributed by atoms with van der Waals surface area (Å²) in [5, 5.41) is 6.99. The summed E-state index contributed by atoms with van der Waals surface area (Å²) in [5.74, 6) is -0.484. The van der Waals surface area contributed by atoms with E-state index in [2.05, 4.69) is 15.8 Å². The molecule has 0 unspecified atom stereocenters. The molecular weight excluding hydrogens is 504 g/mol. The molecule has 9 nitrogen and oxygen atoms in total. The number of nitrogens with one attached hydrogen (secondary N) is 2. The maximum absolute atomic E-state index is 12.3. The summed E-state index contributed by atoms with van der Waals surface area (Å²) in [6.07, 6.45) is 2.45. The second-order valence-electron chi connectivity index (χ2n) is 7.74. The average Bonchev–Trinajstić information content (AvgIpc) is 2.83. The van der Waals surface area contributed by atoms with Gasteiger partial charge < -0.3 is 10.1 Å². The summed E-state index contributed by atoms with van der Waals surface area (Å²) < 4.78 is 30.9. The van der Waals surface area contributed by atoms with Gasteiger partial charge in [-0.05, 0) is 60.5 Å². The molecule has 0 aliphatic carbocycles. The van der Waals surface area contributed by atoms with Crippen molar-refractivity contribution in [1.29, 1.82) is 0 Å². The predicted molar refractivity (Wildman–Crippen MR) is 141 cm³/mol. The Morgan fingerprint density at radius 3 is 2.33 bits per heavy atom. The quantitative estimate of drug-likeness (QED) is 0.308. The topological polar surface area (TPSA) is 117 Å². The van der Waals surface area contributed by atoms with Crippen molar-refractivity contribution >= 4 is 51.0 Å². The summed E-state index contributed by atoms with van der Waals surface area (Å²) in [4.78, 5) is 24.4. The molecular formula is C25H25ClN4O5S. The van der Waals surface area contributed by atoms with Crippen LogP contribution in [-0.4, -0.2) is 45.9 Å². The number of hydrazone groups is 1. The van der Waals surface area contributed by atoms with Crippen LogP contribution in [0.15, 0.2) is 77.9 Å². The maximum Gasteiger partial charge on any atom is 0.262 e. The van der Waals surface area contributed by atoms with E-state index < -0.39 is 22.5 Å². The van der Waals surface area contributed by atoms with E-state index in [0.29, 0.717) is 27.7 Å². The Bertz CT molecular complexity index is 1360. The van der Waals surface area contributed by atoms with Crippen LogP contribution in [-0.2, 0) is 19.6 Å². The largest absolute Gasteiger partial charge is 0.484 e. The third kappa shape index (κ3) is 7.82. The van der Waals surface area contributed by atoms with Crippen molar-refractivity contribution in [2.45, 2.75) is 6.92 Å². The number of sulfonamides is 1. The molecule has 0 saturated carbocycles. The first-order valence-electron chi connectivity index (χ1n) is 10.8. The molecule has 0 aromatic heterocycles. The Labute approximate surface area is 214 Å². The molecule has 0 radical (unpaired) electrons. The van der Waals surface area contributed by atoms with Gasteiger partial charge in [-0.3, -0.25) is 13.9 Å². The highest BCUT2D eigenvalue weighted by atomic mass is 35.5. The normalized spacial score (nSPS) is 11.2. The summed E-state index contributed by atoms with van der Waals surface area (Å²) in [6.45, 7) is 1.15. The van der Waals surface area contributed by atoms with E-state index in [1.54, 1.807) is 79.7 Å². The minimum Gasteiger partial charge on any atom is -0.484 e. The lowest BCUT2D eigenvalue weighted by Crippen LogP contribution is -2.39. The molecule has 2 N–H and O–H groups in total. The highest BCUT2D eigenvalue weighted by Crippen LogP contribution is 2.22. The van der Waals surface area contributed by atoms with E-state index in [1.165, 1.54) is 6.21 Å². The predicted octanol–water partition coefficient (Wildman–Crippen LogP) is 3.58. The fourth-order valence-corrected chi connectivity index (χ4v) is 4.21. The first kappa shape index (κ1) is 26.7. The number of rotatable bonds is 10. The monoisotopic (exact) mass is 528 g/mol. The van der Waals surface area contributed by atoms with Crippen molar-refractivity contribution in [3.63, 3.8) is 0 Å². The van der Waals surface area contributed by atoms with Crippen molar-refractivity contribution in [3.05, 3.63) is 88.9 Å². The van der Waals surface area contributed by atoms with E-state index in [4.69, 9.17) is 16.3 Å². The van der Waals surface area contributed by atoms with Crippen molar-refractivity contribution in [2.24, 2.45) is 5.10 Å². The van der Waals surface area contributed by atoms with E-state index in [-0.39, 0.29) is 12.5 Å². The van der Waals surface area contributed by atoms with Crippen molar-refractivity contribution in [3.8, 4) is 5.75 Å². The SMILES string of the molecule is Cc1ccccc1N(CC(=O)N/N=C\c1ccc(OCC(=O)Nc2ccccc2Cl)cc1)S(C)(=O)=O. The van der Waals surface area contributed by atoms with Gasteiger partial charge in [-0.25, -0.2) is 13.8 Å². The third-order valence-corrected chi connectivity index (χ3v) is 6.33. The number of nitrogens with zero attached hydrogens (tertiary/aromatic N) is 2. The van der Waals surface area contributed by atoms with Gasteiger partial charge in [0, 0.05) is 0 Å². The van der Waals surface area contributed by atoms with Crippen LogP contribution in [0.2, 0.25) is 5.02 Å². The summed E-state index contributed by atoms with van der Waals surface area (Å²) in [6, 6.07) is 20.5. The van der Waals surface area contributed by atoms with Gasteiger partial charge in [0.1, 0.15) is 12.3 Å². The van der Waals surface area contributed by atoms with Gasteiger partial charge in [-0.2, -0.15) is 5.10 Å². The van der Waals surface area contributed by atoms with Gasteiger partial charge >= 0.3 is 0 Å². The van der Waals surface area contributed by atoms with Crippen LogP contribution in [0.1, 0.15) is 11.1 Å². The minimum atomic E-state index is -3.68. The van der Waals surface area contributed by atoms with Crippen LogP contribution in [0.25, 0.3) is 0 Å². The number of amides is 2. The van der Waals surface area contributed by atoms with E-state index in [1.807, 2.05) is 0 Å². The van der Waals surface area contributed by atoms with Gasteiger partial charge in [-0.1, -0.05) is 41.9 Å². The lowest BCUT2D eigenvalue weighted by molar-refractivity contribution is -0.119. The fraction of sp³-hybridized carbons (Fsp3) is 0.160. The van der Waals surface area contributed by atoms with Crippen LogP contribution >= 0.6 is 11.6 Å². The van der Waals surface area contributed by atoms with Gasteiger partial charge in [0.05, 0.1) is 28.9 Å². The van der Waals surface area contributed by atoms with Gasteiger partial charge in [0.15, 0.2) is 6.61 Å². The van der Waals surface area contributed by atoms with E-state index in [0.717, 1.165) is 16.1 Å².